The number of fused-ring (bicyclic) bond motifs is 1. The second kappa shape index (κ2) is 7.15. The van der Waals surface area contributed by atoms with Crippen LogP contribution in [-0.4, -0.2) is 47.4 Å². The number of amides is 2. The highest BCUT2D eigenvalue weighted by Gasteiger charge is 2.35. The molecule has 1 heterocycles. The number of rotatable bonds is 7. The summed E-state index contributed by atoms with van der Waals surface area (Å²) >= 11 is 0. The number of carbonyl (C=O) groups excluding carboxylic acids is 2. The average molecular weight is 320 g/mol. The van der Waals surface area contributed by atoms with Crippen LogP contribution in [0.5, 0.6) is 0 Å². The SMILES string of the molecule is CNC(CC/C=C(\F)CN1C(=O)c2ccccc2C1=O)C(=O)O. The molecule has 23 heavy (non-hydrogen) atoms. The number of halogens is 1. The van der Waals surface area contributed by atoms with Crippen molar-refractivity contribution in [3.63, 3.8) is 0 Å². The van der Waals surface area contributed by atoms with Crippen LogP contribution in [0.4, 0.5) is 4.39 Å². The summed E-state index contributed by atoms with van der Waals surface area (Å²) in [5, 5.41) is 11.5. The molecule has 2 rings (SSSR count). The quantitative estimate of drug-likeness (QED) is 0.745. The smallest absolute Gasteiger partial charge is 0.320 e. The third kappa shape index (κ3) is 3.62. The predicted molar refractivity (Wildman–Crippen MR) is 80.7 cm³/mol. The fourth-order valence-corrected chi connectivity index (χ4v) is 2.40. The maximum absolute atomic E-state index is 13.9. The van der Waals surface area contributed by atoms with Gasteiger partial charge in [-0.15, -0.1) is 0 Å². The van der Waals surface area contributed by atoms with Gasteiger partial charge in [-0.3, -0.25) is 19.3 Å². The van der Waals surface area contributed by atoms with E-state index in [4.69, 9.17) is 5.11 Å². The molecular formula is C16H17FN2O4. The van der Waals surface area contributed by atoms with Crippen molar-refractivity contribution in [3.8, 4) is 0 Å². The summed E-state index contributed by atoms with van der Waals surface area (Å²) < 4.78 is 13.9. The topological polar surface area (TPSA) is 86.7 Å². The number of imide groups is 1. The van der Waals surface area contributed by atoms with Crippen molar-refractivity contribution in [3.05, 3.63) is 47.3 Å². The van der Waals surface area contributed by atoms with Gasteiger partial charge >= 0.3 is 5.97 Å². The van der Waals surface area contributed by atoms with Crippen LogP contribution in [0.2, 0.25) is 0 Å². The molecule has 6 nitrogen and oxygen atoms in total. The second-order valence-electron chi connectivity index (χ2n) is 5.15. The second-order valence-corrected chi connectivity index (χ2v) is 5.15. The van der Waals surface area contributed by atoms with E-state index in [-0.39, 0.29) is 24.0 Å². The van der Waals surface area contributed by atoms with E-state index in [1.165, 1.54) is 25.3 Å². The van der Waals surface area contributed by atoms with Gasteiger partial charge in [-0.05, 0) is 32.0 Å². The molecule has 0 aromatic heterocycles. The van der Waals surface area contributed by atoms with Crippen molar-refractivity contribution in [2.75, 3.05) is 13.6 Å². The fraction of sp³-hybridized carbons (Fsp3) is 0.312. The number of allylic oxidation sites excluding steroid dienone is 1. The van der Waals surface area contributed by atoms with Gasteiger partial charge in [-0.25, -0.2) is 4.39 Å². The number of nitrogens with one attached hydrogen (secondary N) is 1. The van der Waals surface area contributed by atoms with Crippen LogP contribution in [0.3, 0.4) is 0 Å². The Kier molecular flexibility index (Phi) is 5.23. The highest BCUT2D eigenvalue weighted by molar-refractivity contribution is 6.21. The van der Waals surface area contributed by atoms with Crippen LogP contribution >= 0.6 is 0 Å². The number of benzene rings is 1. The lowest BCUT2D eigenvalue weighted by atomic mass is 10.1. The van der Waals surface area contributed by atoms with E-state index in [1.54, 1.807) is 12.1 Å². The van der Waals surface area contributed by atoms with Gasteiger partial charge in [0, 0.05) is 0 Å². The van der Waals surface area contributed by atoms with E-state index in [9.17, 15) is 18.8 Å². The lowest BCUT2D eigenvalue weighted by Crippen LogP contribution is -2.33. The van der Waals surface area contributed by atoms with Crippen LogP contribution in [0.1, 0.15) is 33.6 Å². The van der Waals surface area contributed by atoms with Crippen LogP contribution in [0.25, 0.3) is 0 Å². The molecule has 0 fully saturated rings. The molecule has 7 heteroatoms. The molecule has 0 saturated carbocycles. The Morgan fingerprint density at radius 3 is 2.35 bits per heavy atom. The van der Waals surface area contributed by atoms with Gasteiger partial charge in [0.2, 0.25) is 0 Å². The Labute approximate surface area is 132 Å². The summed E-state index contributed by atoms with van der Waals surface area (Å²) in [5.74, 6) is -2.69. The zero-order valence-electron chi connectivity index (χ0n) is 12.6. The van der Waals surface area contributed by atoms with Crippen molar-refractivity contribution in [1.29, 1.82) is 0 Å². The first-order valence-electron chi connectivity index (χ1n) is 7.15. The van der Waals surface area contributed by atoms with Gasteiger partial charge in [0.05, 0.1) is 17.7 Å². The van der Waals surface area contributed by atoms with Crippen molar-refractivity contribution in [2.45, 2.75) is 18.9 Å². The largest absolute Gasteiger partial charge is 0.480 e. The molecule has 0 aliphatic carbocycles. The van der Waals surface area contributed by atoms with E-state index in [1.807, 2.05) is 0 Å². The van der Waals surface area contributed by atoms with Crippen LogP contribution in [0, 0.1) is 0 Å². The summed E-state index contributed by atoms with van der Waals surface area (Å²) in [6.07, 6.45) is 1.60. The van der Waals surface area contributed by atoms with Gasteiger partial charge in [0.1, 0.15) is 11.9 Å². The first-order chi connectivity index (χ1) is 11.0. The summed E-state index contributed by atoms with van der Waals surface area (Å²) in [6, 6.07) is 5.58. The Morgan fingerprint density at radius 2 is 1.87 bits per heavy atom. The first kappa shape index (κ1) is 16.8. The molecule has 1 aromatic carbocycles. The van der Waals surface area contributed by atoms with E-state index < -0.39 is 36.2 Å². The standard InChI is InChI=1S/C16H17FN2O4/c1-18-13(16(22)23)8-4-5-10(17)9-19-14(20)11-6-2-3-7-12(11)15(19)21/h2-3,5-7,13,18H,4,8-9H2,1H3,(H,22,23)/b10-5-. The molecular weight excluding hydrogens is 303 g/mol. The van der Waals surface area contributed by atoms with Gasteiger partial charge in [0.15, 0.2) is 0 Å². The zero-order valence-corrected chi connectivity index (χ0v) is 12.6. The van der Waals surface area contributed by atoms with Gasteiger partial charge in [-0.2, -0.15) is 0 Å². The third-order valence-corrected chi connectivity index (χ3v) is 3.66. The molecule has 0 saturated heterocycles. The lowest BCUT2D eigenvalue weighted by molar-refractivity contribution is -0.139. The number of carboxylic acids is 1. The van der Waals surface area contributed by atoms with E-state index >= 15 is 0 Å². The molecule has 0 spiro atoms. The van der Waals surface area contributed by atoms with Gasteiger partial charge < -0.3 is 10.4 Å². The van der Waals surface area contributed by atoms with Crippen LogP contribution in [0.15, 0.2) is 36.2 Å². The summed E-state index contributed by atoms with van der Waals surface area (Å²) in [6.45, 7) is -0.441. The lowest BCUT2D eigenvalue weighted by Gasteiger charge is -2.12. The summed E-state index contributed by atoms with van der Waals surface area (Å²) in [7, 11) is 1.51. The minimum atomic E-state index is -1.01. The number of nitrogens with zero attached hydrogens (tertiary/aromatic N) is 1. The van der Waals surface area contributed by atoms with E-state index in [0.29, 0.717) is 0 Å². The maximum Gasteiger partial charge on any atom is 0.320 e. The third-order valence-electron chi connectivity index (χ3n) is 3.66. The van der Waals surface area contributed by atoms with Crippen molar-refractivity contribution in [2.24, 2.45) is 0 Å². The van der Waals surface area contributed by atoms with Crippen LogP contribution in [-0.2, 0) is 4.79 Å². The Hall–Kier alpha value is -2.54. The molecule has 0 bridgehead atoms. The van der Waals surface area contributed by atoms with Gasteiger partial charge in [0.25, 0.3) is 11.8 Å². The number of hydrogen-bond donors (Lipinski definition) is 2. The van der Waals surface area contributed by atoms with E-state index in [0.717, 1.165) is 4.90 Å². The minimum Gasteiger partial charge on any atom is -0.480 e. The monoisotopic (exact) mass is 320 g/mol. The average Bonchev–Trinajstić information content (AvgIpc) is 2.77. The number of carbonyl (C=O) groups is 3. The highest BCUT2D eigenvalue weighted by Crippen LogP contribution is 2.23. The molecule has 1 aromatic rings. The highest BCUT2D eigenvalue weighted by atomic mass is 19.1. The van der Waals surface area contributed by atoms with Gasteiger partial charge in [-0.1, -0.05) is 18.2 Å². The van der Waals surface area contributed by atoms with E-state index in [2.05, 4.69) is 5.32 Å². The minimum absolute atomic E-state index is 0.187. The fourth-order valence-electron chi connectivity index (χ4n) is 2.40. The normalized spacial score (nSPS) is 15.7. The van der Waals surface area contributed by atoms with Crippen LogP contribution < -0.4 is 5.32 Å². The Bertz CT molecular complexity index is 637. The van der Waals surface area contributed by atoms with Crippen molar-refractivity contribution in [1.82, 2.24) is 10.2 Å². The maximum atomic E-state index is 13.9. The van der Waals surface area contributed by atoms with Crippen molar-refractivity contribution < 1.29 is 23.9 Å². The number of carboxylic acid groups (broad SMARTS) is 1. The molecule has 1 aliphatic heterocycles. The number of aliphatic carboxylic acids is 1. The Balaban J connectivity index is 1.97. The molecule has 2 N–H and O–H groups in total. The predicted octanol–water partition coefficient (Wildman–Crippen LogP) is 1.59. The zero-order chi connectivity index (χ0) is 17.0. The molecule has 0 radical (unpaired) electrons. The molecule has 1 atom stereocenters. The first-order valence-corrected chi connectivity index (χ1v) is 7.15. The molecule has 1 aliphatic rings. The Morgan fingerprint density at radius 1 is 1.30 bits per heavy atom. The summed E-state index contributed by atoms with van der Waals surface area (Å²) in [4.78, 5) is 35.8. The molecule has 1 unspecified atom stereocenters. The summed E-state index contributed by atoms with van der Waals surface area (Å²) in [5.41, 5.74) is 0.540. The van der Waals surface area contributed by atoms with Crippen molar-refractivity contribution >= 4 is 17.8 Å². The number of hydrogen-bond acceptors (Lipinski definition) is 4. The number of likely N-dealkylation sites (N-methyl/N-ethyl adjacent to an activating group) is 1. The molecule has 122 valence electrons. The molecule has 2 amide bonds.